The van der Waals surface area contributed by atoms with Gasteiger partial charge in [0.25, 0.3) is 0 Å². The van der Waals surface area contributed by atoms with Gasteiger partial charge in [-0.25, -0.2) is 0 Å². The van der Waals surface area contributed by atoms with Crippen molar-refractivity contribution in [2.75, 3.05) is 11.9 Å². The molecule has 1 aromatic rings. The Labute approximate surface area is 104 Å². The van der Waals surface area contributed by atoms with Crippen molar-refractivity contribution < 1.29 is 17.8 Å². The summed E-state index contributed by atoms with van der Waals surface area (Å²) in [5.41, 5.74) is -0.391. The van der Waals surface area contributed by atoms with Gasteiger partial charge in [-0.15, -0.1) is 6.58 Å². The predicted molar refractivity (Wildman–Crippen MR) is 63.7 cm³/mol. The molecule has 0 bridgehead atoms. The molecule has 1 aliphatic heterocycles. The highest BCUT2D eigenvalue weighted by atomic mass is 16.5. The number of rotatable bonds is 4. The van der Waals surface area contributed by atoms with Crippen LogP contribution in [0.1, 0.15) is 26.6 Å². The van der Waals surface area contributed by atoms with Crippen molar-refractivity contribution in [3.8, 4) is 5.75 Å². The van der Waals surface area contributed by atoms with Gasteiger partial charge in [-0.3, -0.25) is 4.79 Å². The molecule has 1 heterocycles. The van der Waals surface area contributed by atoms with Crippen LogP contribution in [0.3, 0.4) is 0 Å². The maximum Gasteiger partial charge on any atom is 0.224 e. The zero-order chi connectivity index (χ0) is 16.7. The van der Waals surface area contributed by atoms with Gasteiger partial charge in [0, 0.05) is 23.6 Å². The lowest BCUT2D eigenvalue weighted by atomic mass is 10.0. The van der Waals surface area contributed by atoms with Crippen LogP contribution in [0.4, 0.5) is 5.69 Å². The summed E-state index contributed by atoms with van der Waals surface area (Å²) in [4.78, 5) is 11.8. The Morgan fingerprint density at radius 2 is 2.56 bits per heavy atom. The fourth-order valence-corrected chi connectivity index (χ4v) is 1.21. The minimum Gasteiger partial charge on any atom is -0.493 e. The lowest BCUT2D eigenvalue weighted by molar-refractivity contribution is -0.116. The number of carbonyl (C=O) groups excluding carboxylic acids is 1. The lowest BCUT2D eigenvalue weighted by Gasteiger charge is -2.17. The van der Waals surface area contributed by atoms with Crippen LogP contribution in [-0.2, 0) is 11.2 Å². The minimum atomic E-state index is -2.79. The Kier molecular flexibility index (Phi) is 1.67. The fourth-order valence-electron chi connectivity index (χ4n) is 1.21. The number of carbonyl (C=O) groups is 1. The SMILES string of the molecule is [2H]c1cc2c(c([2H])c1OCCC=C)NC(=O)C([2H])([2H])C2([2H])[2H]. The molecule has 84 valence electrons. The van der Waals surface area contributed by atoms with Gasteiger partial charge in [-0.2, -0.15) is 0 Å². The molecular formula is C13H15NO2. The van der Waals surface area contributed by atoms with Crippen LogP contribution in [-0.4, -0.2) is 12.5 Å². The normalized spacial score (nSPS) is 25.6. The first-order chi connectivity index (χ1) is 10.1. The van der Waals surface area contributed by atoms with E-state index >= 15 is 0 Å². The summed E-state index contributed by atoms with van der Waals surface area (Å²) in [6.45, 7) is 3.73. The second-order valence-electron chi connectivity index (χ2n) is 3.16. The van der Waals surface area contributed by atoms with Crippen LogP contribution in [0.25, 0.3) is 0 Å². The van der Waals surface area contributed by atoms with Crippen LogP contribution in [0, 0.1) is 0 Å². The molecule has 3 heteroatoms. The largest absolute Gasteiger partial charge is 0.493 e. The fraction of sp³-hybridized carbons (Fsp3) is 0.308. The highest BCUT2D eigenvalue weighted by molar-refractivity contribution is 5.94. The third kappa shape index (κ3) is 2.42. The molecule has 0 unspecified atom stereocenters. The first kappa shape index (κ1) is 5.53. The van der Waals surface area contributed by atoms with Crippen LogP contribution < -0.4 is 10.1 Å². The molecule has 1 aliphatic rings. The van der Waals surface area contributed by atoms with Crippen molar-refractivity contribution >= 4 is 11.6 Å². The smallest absolute Gasteiger partial charge is 0.224 e. The van der Waals surface area contributed by atoms with Gasteiger partial charge in [0.15, 0.2) is 0 Å². The molecule has 1 N–H and O–H groups in total. The molecule has 0 fully saturated rings. The number of aryl methyl sites for hydroxylation is 1. The first-order valence-corrected chi connectivity index (χ1v) is 4.84. The van der Waals surface area contributed by atoms with E-state index < -0.39 is 18.7 Å². The molecule has 0 aromatic heterocycles. The minimum absolute atomic E-state index is 0.0841. The van der Waals surface area contributed by atoms with E-state index in [0.717, 1.165) is 6.07 Å². The standard InChI is InChI=1S/C13H15NO2/c1-2-3-8-16-11-6-4-10-5-7-13(15)14-12(10)9-11/h2,4,6,9H,1,3,5,7-8H2,(H,14,15)/i5D2,6D,7D2,9D. The Hall–Kier alpha value is -1.77. The van der Waals surface area contributed by atoms with Gasteiger partial charge in [0.05, 0.1) is 9.35 Å². The van der Waals surface area contributed by atoms with Crippen molar-refractivity contribution in [2.24, 2.45) is 0 Å². The van der Waals surface area contributed by atoms with Gasteiger partial charge in [0.2, 0.25) is 5.91 Å². The Morgan fingerprint density at radius 3 is 3.38 bits per heavy atom. The lowest BCUT2D eigenvalue weighted by Crippen LogP contribution is -2.18. The first-order valence-electron chi connectivity index (χ1n) is 7.84. The summed E-state index contributed by atoms with van der Waals surface area (Å²) in [6, 6.07) is 0.524. The molecule has 0 spiro atoms. The highest BCUT2D eigenvalue weighted by Gasteiger charge is 2.14. The summed E-state index contributed by atoms with van der Waals surface area (Å²) in [7, 11) is 0. The van der Waals surface area contributed by atoms with Crippen molar-refractivity contribution in [3.63, 3.8) is 0 Å². The second kappa shape index (κ2) is 4.84. The maximum atomic E-state index is 11.8. The van der Waals surface area contributed by atoms with E-state index in [0.29, 0.717) is 6.42 Å². The molecule has 0 radical (unpaired) electrons. The molecular weight excluding hydrogens is 202 g/mol. The van der Waals surface area contributed by atoms with Gasteiger partial charge in [-0.05, 0) is 24.4 Å². The van der Waals surface area contributed by atoms with E-state index in [9.17, 15) is 4.79 Å². The number of hydrogen-bond donors (Lipinski definition) is 1. The third-order valence-corrected chi connectivity index (χ3v) is 1.97. The molecule has 2 rings (SSSR count). The highest BCUT2D eigenvalue weighted by Crippen LogP contribution is 2.27. The zero-order valence-electron chi connectivity index (χ0n) is 14.6. The summed E-state index contributed by atoms with van der Waals surface area (Å²) < 4.78 is 52.2. The average molecular weight is 223 g/mol. The van der Waals surface area contributed by atoms with Crippen LogP contribution in [0.2, 0.25) is 0 Å². The molecule has 16 heavy (non-hydrogen) atoms. The summed E-state index contributed by atoms with van der Waals surface area (Å²) in [6.07, 6.45) is -3.31. The zero-order valence-corrected chi connectivity index (χ0v) is 8.59. The number of nitrogens with one attached hydrogen (secondary N) is 1. The van der Waals surface area contributed by atoms with Gasteiger partial charge < -0.3 is 10.1 Å². The van der Waals surface area contributed by atoms with Crippen LogP contribution in [0.15, 0.2) is 30.8 Å². The molecule has 1 amide bonds. The Morgan fingerprint density at radius 1 is 1.69 bits per heavy atom. The van der Waals surface area contributed by atoms with E-state index in [4.69, 9.17) is 13.0 Å². The third-order valence-electron chi connectivity index (χ3n) is 1.97. The number of amides is 1. The molecule has 0 saturated heterocycles. The number of benzene rings is 1. The Bertz CT molecular complexity index is 644. The molecule has 0 atom stereocenters. The molecule has 0 aliphatic carbocycles. The topological polar surface area (TPSA) is 38.3 Å². The number of ether oxygens (including phenoxy) is 1. The van der Waals surface area contributed by atoms with Crippen molar-refractivity contribution in [3.05, 3.63) is 36.4 Å². The van der Waals surface area contributed by atoms with Gasteiger partial charge in [-0.1, -0.05) is 12.1 Å². The summed E-state index contributed by atoms with van der Waals surface area (Å²) in [5, 5.41) is 2.21. The van der Waals surface area contributed by atoms with E-state index in [1.807, 2.05) is 0 Å². The van der Waals surface area contributed by atoms with E-state index in [2.05, 4.69) is 11.9 Å². The number of anilines is 1. The quantitative estimate of drug-likeness (QED) is 0.629. The monoisotopic (exact) mass is 223 g/mol. The van der Waals surface area contributed by atoms with Gasteiger partial charge in [0.1, 0.15) is 5.75 Å². The van der Waals surface area contributed by atoms with E-state index in [1.54, 1.807) is 6.08 Å². The van der Waals surface area contributed by atoms with Crippen molar-refractivity contribution in [2.45, 2.75) is 19.2 Å². The van der Waals surface area contributed by atoms with Crippen LogP contribution >= 0.6 is 0 Å². The molecule has 1 aromatic carbocycles. The summed E-state index contributed by atoms with van der Waals surface area (Å²) >= 11 is 0. The van der Waals surface area contributed by atoms with Crippen LogP contribution in [0.5, 0.6) is 5.75 Å². The van der Waals surface area contributed by atoms with Crippen molar-refractivity contribution in [1.29, 1.82) is 0 Å². The molecule has 0 saturated carbocycles. The second-order valence-corrected chi connectivity index (χ2v) is 3.16. The summed E-state index contributed by atoms with van der Waals surface area (Å²) in [5.74, 6) is -1.24. The average Bonchev–Trinajstić information content (AvgIpc) is 2.43. The van der Waals surface area contributed by atoms with E-state index in [-0.39, 0.29) is 35.7 Å². The Balaban J connectivity index is 2.56. The van der Waals surface area contributed by atoms with E-state index in [1.165, 1.54) is 0 Å². The predicted octanol–water partition coefficient (Wildman–Crippen LogP) is 2.53. The number of fused-ring (bicyclic) bond motifs is 1. The van der Waals surface area contributed by atoms with Crippen molar-refractivity contribution in [1.82, 2.24) is 0 Å². The molecule has 3 nitrogen and oxygen atoms in total. The van der Waals surface area contributed by atoms with Gasteiger partial charge >= 0.3 is 0 Å². The maximum absolute atomic E-state index is 11.8. The number of hydrogen-bond acceptors (Lipinski definition) is 2.